The fourth-order valence-corrected chi connectivity index (χ4v) is 3.66. The molecule has 3 atom stereocenters. The predicted octanol–water partition coefficient (Wildman–Crippen LogP) is 2.23. The van der Waals surface area contributed by atoms with Gasteiger partial charge in [-0.2, -0.15) is 0 Å². The fraction of sp³-hybridized carbons (Fsp3) is 0.941. The molecule has 1 amide bonds. The molecule has 0 radical (unpaired) electrons. The lowest BCUT2D eigenvalue weighted by molar-refractivity contribution is -0.123. The fourth-order valence-electron chi connectivity index (χ4n) is 3.66. The molecule has 124 valence electrons. The van der Waals surface area contributed by atoms with Crippen LogP contribution in [0.3, 0.4) is 0 Å². The number of rotatable bonds is 7. The van der Waals surface area contributed by atoms with Gasteiger partial charge in [0.2, 0.25) is 5.91 Å². The molecular formula is C17H35N3O. The Morgan fingerprint density at radius 1 is 1.33 bits per heavy atom. The smallest absolute Gasteiger partial charge is 0.233 e. The maximum absolute atomic E-state index is 11.8. The van der Waals surface area contributed by atoms with E-state index in [4.69, 9.17) is 5.73 Å². The molecule has 3 unspecified atom stereocenters. The highest BCUT2D eigenvalue weighted by molar-refractivity contribution is 5.77. The second kappa shape index (κ2) is 8.14. The van der Waals surface area contributed by atoms with Crippen molar-refractivity contribution in [3.8, 4) is 0 Å². The summed E-state index contributed by atoms with van der Waals surface area (Å²) in [7, 11) is 1.71. The first-order valence-electron chi connectivity index (χ1n) is 8.54. The van der Waals surface area contributed by atoms with Crippen LogP contribution < -0.4 is 11.1 Å². The molecule has 0 aromatic rings. The quantitative estimate of drug-likeness (QED) is 0.757. The number of likely N-dealkylation sites (N-methyl/N-ethyl adjacent to an activating group) is 2. The average Bonchev–Trinajstić information content (AvgIpc) is 2.51. The van der Waals surface area contributed by atoms with Gasteiger partial charge in [-0.1, -0.05) is 34.1 Å². The molecule has 4 heteroatoms. The highest BCUT2D eigenvalue weighted by Crippen LogP contribution is 2.43. The Labute approximate surface area is 130 Å². The first kappa shape index (κ1) is 18.4. The zero-order chi connectivity index (χ0) is 16.0. The Balaban J connectivity index is 2.84. The van der Waals surface area contributed by atoms with Crippen molar-refractivity contribution in [1.29, 1.82) is 0 Å². The van der Waals surface area contributed by atoms with Crippen LogP contribution in [0.15, 0.2) is 0 Å². The summed E-state index contributed by atoms with van der Waals surface area (Å²) in [5.74, 6) is 1.36. The van der Waals surface area contributed by atoms with E-state index in [-0.39, 0.29) is 5.91 Å². The molecule has 0 aromatic carbocycles. The van der Waals surface area contributed by atoms with Crippen molar-refractivity contribution in [2.24, 2.45) is 23.0 Å². The maximum atomic E-state index is 11.8. The topological polar surface area (TPSA) is 58.4 Å². The third-order valence-corrected chi connectivity index (χ3v) is 5.78. The molecule has 1 saturated carbocycles. The summed E-state index contributed by atoms with van der Waals surface area (Å²) in [5.41, 5.74) is 6.39. The van der Waals surface area contributed by atoms with Crippen molar-refractivity contribution < 1.29 is 4.79 Å². The van der Waals surface area contributed by atoms with Gasteiger partial charge in [0.15, 0.2) is 0 Å². The van der Waals surface area contributed by atoms with E-state index in [0.717, 1.165) is 19.0 Å². The van der Waals surface area contributed by atoms with Crippen LogP contribution in [0.5, 0.6) is 0 Å². The van der Waals surface area contributed by atoms with Crippen LogP contribution in [0.1, 0.15) is 53.4 Å². The highest BCUT2D eigenvalue weighted by atomic mass is 16.1. The molecule has 3 N–H and O–H groups in total. The first-order chi connectivity index (χ1) is 9.89. The number of hydrogen-bond acceptors (Lipinski definition) is 3. The van der Waals surface area contributed by atoms with Gasteiger partial charge in [-0.3, -0.25) is 9.69 Å². The second-order valence-corrected chi connectivity index (χ2v) is 7.15. The number of carbonyl (C=O) groups excluding carboxylic acids is 1. The van der Waals surface area contributed by atoms with Gasteiger partial charge in [-0.05, 0) is 49.6 Å². The minimum atomic E-state index is 0.101. The molecular weight excluding hydrogens is 262 g/mol. The van der Waals surface area contributed by atoms with Gasteiger partial charge in [0.1, 0.15) is 0 Å². The van der Waals surface area contributed by atoms with Crippen LogP contribution in [0.25, 0.3) is 0 Å². The van der Waals surface area contributed by atoms with E-state index in [0.29, 0.717) is 23.9 Å². The third kappa shape index (κ3) is 4.68. The molecule has 1 rings (SSSR count). The van der Waals surface area contributed by atoms with Gasteiger partial charge in [-0.25, -0.2) is 0 Å². The number of hydrogen-bond donors (Lipinski definition) is 2. The molecule has 1 aliphatic rings. The summed E-state index contributed by atoms with van der Waals surface area (Å²) in [6, 6.07) is 0.446. The van der Waals surface area contributed by atoms with Crippen molar-refractivity contribution in [3.63, 3.8) is 0 Å². The second-order valence-electron chi connectivity index (χ2n) is 7.15. The zero-order valence-corrected chi connectivity index (χ0v) is 14.6. The van der Waals surface area contributed by atoms with Crippen molar-refractivity contribution in [2.75, 3.05) is 26.7 Å². The van der Waals surface area contributed by atoms with E-state index in [9.17, 15) is 4.79 Å². The van der Waals surface area contributed by atoms with Crippen molar-refractivity contribution in [1.82, 2.24) is 10.2 Å². The van der Waals surface area contributed by atoms with E-state index in [1.807, 2.05) is 0 Å². The monoisotopic (exact) mass is 297 g/mol. The third-order valence-electron chi connectivity index (χ3n) is 5.78. The van der Waals surface area contributed by atoms with Crippen LogP contribution >= 0.6 is 0 Å². The van der Waals surface area contributed by atoms with E-state index >= 15 is 0 Å². The summed E-state index contributed by atoms with van der Waals surface area (Å²) in [6.45, 7) is 11.3. The molecule has 0 aliphatic heterocycles. The number of nitrogens with two attached hydrogens (primary N) is 1. The van der Waals surface area contributed by atoms with Crippen LogP contribution in [0.4, 0.5) is 0 Å². The predicted molar refractivity (Wildman–Crippen MR) is 89.1 cm³/mol. The van der Waals surface area contributed by atoms with E-state index in [1.54, 1.807) is 7.05 Å². The Kier molecular flexibility index (Phi) is 7.14. The van der Waals surface area contributed by atoms with Gasteiger partial charge >= 0.3 is 0 Å². The Morgan fingerprint density at radius 2 is 2.00 bits per heavy atom. The minimum Gasteiger partial charge on any atom is -0.358 e. The molecule has 0 bridgehead atoms. The zero-order valence-electron chi connectivity index (χ0n) is 14.6. The van der Waals surface area contributed by atoms with E-state index < -0.39 is 0 Å². The van der Waals surface area contributed by atoms with Crippen LogP contribution in [0.2, 0.25) is 0 Å². The molecule has 0 saturated heterocycles. The average molecular weight is 297 g/mol. The SMILES string of the molecule is CCN(CC(=O)NC)C1CC(C(C)(C)CC)CCC1CN. The van der Waals surface area contributed by atoms with E-state index in [1.165, 1.54) is 25.7 Å². The molecule has 1 fully saturated rings. The standard InChI is InChI=1S/C17H35N3O/c1-6-17(3,4)14-9-8-13(11-18)15(10-14)20(7-2)12-16(21)19-5/h13-15H,6-12,18H2,1-5H3,(H,19,21). The number of nitrogens with zero attached hydrogens (tertiary/aromatic N) is 1. The summed E-state index contributed by atoms with van der Waals surface area (Å²) in [6.07, 6.45) is 4.85. The summed E-state index contributed by atoms with van der Waals surface area (Å²) in [5, 5.41) is 2.74. The molecule has 1 aliphatic carbocycles. The van der Waals surface area contributed by atoms with Gasteiger partial charge in [0, 0.05) is 13.1 Å². The van der Waals surface area contributed by atoms with E-state index in [2.05, 4.69) is 37.9 Å². The molecule has 4 nitrogen and oxygen atoms in total. The lowest BCUT2D eigenvalue weighted by Gasteiger charge is -2.46. The van der Waals surface area contributed by atoms with Crippen LogP contribution in [0, 0.1) is 17.3 Å². The largest absolute Gasteiger partial charge is 0.358 e. The summed E-state index contributed by atoms with van der Waals surface area (Å²) < 4.78 is 0. The van der Waals surface area contributed by atoms with Crippen molar-refractivity contribution in [2.45, 2.75) is 59.4 Å². The van der Waals surface area contributed by atoms with Gasteiger partial charge in [0.25, 0.3) is 0 Å². The first-order valence-corrected chi connectivity index (χ1v) is 8.54. The number of nitrogens with one attached hydrogen (secondary N) is 1. The summed E-state index contributed by atoms with van der Waals surface area (Å²) in [4.78, 5) is 14.1. The summed E-state index contributed by atoms with van der Waals surface area (Å²) >= 11 is 0. The molecule has 0 heterocycles. The minimum absolute atomic E-state index is 0.101. The highest BCUT2D eigenvalue weighted by Gasteiger charge is 2.39. The molecule has 0 spiro atoms. The Hall–Kier alpha value is -0.610. The van der Waals surface area contributed by atoms with Crippen LogP contribution in [-0.4, -0.2) is 43.5 Å². The van der Waals surface area contributed by atoms with Gasteiger partial charge < -0.3 is 11.1 Å². The maximum Gasteiger partial charge on any atom is 0.233 e. The van der Waals surface area contributed by atoms with Crippen molar-refractivity contribution in [3.05, 3.63) is 0 Å². The number of amides is 1. The Bertz CT molecular complexity index is 330. The van der Waals surface area contributed by atoms with Crippen LogP contribution in [-0.2, 0) is 4.79 Å². The normalized spacial score (nSPS) is 26.9. The molecule has 21 heavy (non-hydrogen) atoms. The number of carbonyl (C=O) groups is 1. The van der Waals surface area contributed by atoms with Gasteiger partial charge in [-0.15, -0.1) is 0 Å². The van der Waals surface area contributed by atoms with Crippen molar-refractivity contribution >= 4 is 5.91 Å². The molecule has 0 aromatic heterocycles. The lowest BCUT2D eigenvalue weighted by atomic mass is 9.65. The Morgan fingerprint density at radius 3 is 2.48 bits per heavy atom. The van der Waals surface area contributed by atoms with Gasteiger partial charge in [0.05, 0.1) is 6.54 Å². The lowest BCUT2D eigenvalue weighted by Crippen LogP contribution is -2.51.